The van der Waals surface area contributed by atoms with Gasteiger partial charge in [-0.3, -0.25) is 9.59 Å². The SMILES string of the molecule is CC(=O)NCCCC(=O)Nc1ccc(-c2nc3ccccc3s2)c(C)c1. The molecule has 26 heavy (non-hydrogen) atoms. The van der Waals surface area contributed by atoms with Gasteiger partial charge in [0.1, 0.15) is 5.01 Å². The summed E-state index contributed by atoms with van der Waals surface area (Å²) in [4.78, 5) is 27.5. The van der Waals surface area contributed by atoms with Crippen LogP contribution in [-0.4, -0.2) is 23.3 Å². The third-order valence-corrected chi connectivity index (χ3v) is 5.06. The van der Waals surface area contributed by atoms with E-state index in [0.717, 1.165) is 27.3 Å². The number of fused-ring (bicyclic) bond motifs is 1. The highest BCUT2D eigenvalue weighted by Crippen LogP contribution is 2.32. The van der Waals surface area contributed by atoms with Gasteiger partial charge in [0.25, 0.3) is 0 Å². The number of anilines is 1. The summed E-state index contributed by atoms with van der Waals surface area (Å²) < 4.78 is 1.17. The molecule has 0 fully saturated rings. The minimum Gasteiger partial charge on any atom is -0.356 e. The van der Waals surface area contributed by atoms with Crippen LogP contribution in [0.2, 0.25) is 0 Å². The maximum absolute atomic E-state index is 12.0. The molecule has 0 aliphatic rings. The maximum atomic E-state index is 12.0. The number of benzene rings is 2. The van der Waals surface area contributed by atoms with Gasteiger partial charge < -0.3 is 10.6 Å². The van der Waals surface area contributed by atoms with Crippen LogP contribution in [0.1, 0.15) is 25.3 Å². The number of nitrogens with zero attached hydrogens (tertiary/aromatic N) is 1. The maximum Gasteiger partial charge on any atom is 0.224 e. The average Bonchev–Trinajstić information content (AvgIpc) is 3.02. The van der Waals surface area contributed by atoms with E-state index in [9.17, 15) is 9.59 Å². The van der Waals surface area contributed by atoms with E-state index >= 15 is 0 Å². The van der Waals surface area contributed by atoms with Crippen LogP contribution in [0.3, 0.4) is 0 Å². The lowest BCUT2D eigenvalue weighted by Gasteiger charge is -2.09. The van der Waals surface area contributed by atoms with Gasteiger partial charge in [-0.05, 0) is 49.2 Å². The highest BCUT2D eigenvalue weighted by molar-refractivity contribution is 7.21. The first-order chi connectivity index (χ1) is 12.5. The molecule has 0 atom stereocenters. The van der Waals surface area contributed by atoms with E-state index in [2.05, 4.69) is 16.7 Å². The zero-order valence-electron chi connectivity index (χ0n) is 14.8. The van der Waals surface area contributed by atoms with E-state index in [1.165, 1.54) is 11.6 Å². The summed E-state index contributed by atoms with van der Waals surface area (Å²) in [6.45, 7) is 4.00. The molecule has 0 spiro atoms. The smallest absolute Gasteiger partial charge is 0.224 e. The Hall–Kier alpha value is -2.73. The fourth-order valence-electron chi connectivity index (χ4n) is 2.71. The van der Waals surface area contributed by atoms with Crippen molar-refractivity contribution in [3.63, 3.8) is 0 Å². The topological polar surface area (TPSA) is 71.1 Å². The van der Waals surface area contributed by atoms with Crippen LogP contribution in [-0.2, 0) is 9.59 Å². The molecule has 0 radical (unpaired) electrons. The van der Waals surface area contributed by atoms with Gasteiger partial charge in [0.15, 0.2) is 0 Å². The summed E-state index contributed by atoms with van der Waals surface area (Å²) in [5.41, 5.74) is 3.93. The summed E-state index contributed by atoms with van der Waals surface area (Å²) in [5.74, 6) is -0.131. The van der Waals surface area contributed by atoms with E-state index in [1.807, 2.05) is 43.3 Å². The quantitative estimate of drug-likeness (QED) is 0.644. The number of hydrogen-bond acceptors (Lipinski definition) is 4. The lowest BCUT2D eigenvalue weighted by atomic mass is 10.1. The lowest BCUT2D eigenvalue weighted by Crippen LogP contribution is -2.22. The van der Waals surface area contributed by atoms with Crippen LogP contribution in [0, 0.1) is 6.92 Å². The van der Waals surface area contributed by atoms with Crippen LogP contribution in [0.5, 0.6) is 0 Å². The molecule has 3 rings (SSSR count). The number of rotatable bonds is 6. The van der Waals surface area contributed by atoms with Crippen LogP contribution >= 0.6 is 11.3 Å². The average molecular weight is 367 g/mol. The summed E-state index contributed by atoms with van der Waals surface area (Å²) in [5, 5.41) is 6.58. The van der Waals surface area contributed by atoms with Gasteiger partial charge >= 0.3 is 0 Å². The number of aryl methyl sites for hydroxylation is 1. The Morgan fingerprint density at radius 2 is 1.96 bits per heavy atom. The van der Waals surface area contributed by atoms with Crippen molar-refractivity contribution in [2.24, 2.45) is 0 Å². The fourth-order valence-corrected chi connectivity index (χ4v) is 3.76. The number of amides is 2. The molecule has 5 nitrogen and oxygen atoms in total. The number of thiazole rings is 1. The molecule has 6 heteroatoms. The summed E-state index contributed by atoms with van der Waals surface area (Å²) in [6, 6.07) is 14.0. The lowest BCUT2D eigenvalue weighted by molar-refractivity contribution is -0.119. The van der Waals surface area contributed by atoms with Crippen LogP contribution in [0.15, 0.2) is 42.5 Å². The molecular formula is C20H21N3O2S. The van der Waals surface area contributed by atoms with Crippen LogP contribution in [0.4, 0.5) is 5.69 Å². The van der Waals surface area contributed by atoms with E-state index in [4.69, 9.17) is 4.98 Å². The first kappa shape index (κ1) is 18.1. The number of nitrogens with one attached hydrogen (secondary N) is 2. The van der Waals surface area contributed by atoms with Crippen molar-refractivity contribution in [1.29, 1.82) is 0 Å². The Morgan fingerprint density at radius 1 is 1.15 bits per heavy atom. The zero-order valence-corrected chi connectivity index (χ0v) is 15.7. The second kappa shape index (κ2) is 8.10. The summed E-state index contributed by atoms with van der Waals surface area (Å²) in [6.07, 6.45) is 0.993. The standard InChI is InChI=1S/C20H21N3O2S/c1-13-12-15(22-19(25)8-5-11-21-14(2)24)9-10-16(13)20-23-17-6-3-4-7-18(17)26-20/h3-4,6-7,9-10,12H,5,8,11H2,1-2H3,(H,21,24)(H,22,25). The summed E-state index contributed by atoms with van der Waals surface area (Å²) >= 11 is 1.67. The van der Waals surface area contributed by atoms with Gasteiger partial charge in [-0.1, -0.05) is 12.1 Å². The van der Waals surface area contributed by atoms with Gasteiger partial charge in [-0.25, -0.2) is 4.98 Å². The molecule has 0 unspecified atom stereocenters. The second-order valence-corrected chi connectivity index (χ2v) is 7.18. The van der Waals surface area contributed by atoms with E-state index in [1.54, 1.807) is 11.3 Å². The Labute approximate surface area is 156 Å². The Morgan fingerprint density at radius 3 is 2.69 bits per heavy atom. The Balaban J connectivity index is 1.65. The highest BCUT2D eigenvalue weighted by Gasteiger charge is 2.10. The number of hydrogen-bond donors (Lipinski definition) is 2. The highest BCUT2D eigenvalue weighted by atomic mass is 32.1. The molecule has 0 saturated heterocycles. The molecule has 1 aromatic heterocycles. The molecule has 2 amide bonds. The zero-order chi connectivity index (χ0) is 18.5. The molecule has 0 bridgehead atoms. The van der Waals surface area contributed by atoms with Crippen molar-refractivity contribution in [2.75, 3.05) is 11.9 Å². The van der Waals surface area contributed by atoms with Crippen molar-refractivity contribution in [1.82, 2.24) is 10.3 Å². The van der Waals surface area contributed by atoms with Gasteiger partial charge in [0.2, 0.25) is 11.8 Å². The fraction of sp³-hybridized carbons (Fsp3) is 0.250. The molecule has 0 aliphatic carbocycles. The molecule has 2 aromatic carbocycles. The number of carbonyl (C=O) groups is 2. The molecule has 1 heterocycles. The van der Waals surface area contributed by atoms with Gasteiger partial charge in [-0.2, -0.15) is 0 Å². The normalized spacial score (nSPS) is 10.7. The predicted molar refractivity (Wildman–Crippen MR) is 106 cm³/mol. The molecule has 0 saturated carbocycles. The van der Waals surface area contributed by atoms with E-state index < -0.39 is 0 Å². The molecule has 2 N–H and O–H groups in total. The summed E-state index contributed by atoms with van der Waals surface area (Å²) in [7, 11) is 0. The Kier molecular flexibility index (Phi) is 5.63. The molecule has 0 aliphatic heterocycles. The first-order valence-electron chi connectivity index (χ1n) is 8.54. The van der Waals surface area contributed by atoms with Gasteiger partial charge in [0, 0.05) is 31.1 Å². The van der Waals surface area contributed by atoms with Crippen LogP contribution < -0.4 is 10.6 Å². The van der Waals surface area contributed by atoms with Crippen molar-refractivity contribution in [3.05, 3.63) is 48.0 Å². The monoisotopic (exact) mass is 367 g/mol. The molecular weight excluding hydrogens is 346 g/mol. The van der Waals surface area contributed by atoms with Gasteiger partial charge in [-0.15, -0.1) is 11.3 Å². The largest absolute Gasteiger partial charge is 0.356 e. The van der Waals surface area contributed by atoms with Crippen molar-refractivity contribution < 1.29 is 9.59 Å². The van der Waals surface area contributed by atoms with Crippen LogP contribution in [0.25, 0.3) is 20.8 Å². The predicted octanol–water partition coefficient (Wildman–Crippen LogP) is 4.13. The van der Waals surface area contributed by atoms with Crippen molar-refractivity contribution in [3.8, 4) is 10.6 Å². The number of carbonyl (C=O) groups excluding carboxylic acids is 2. The third-order valence-electron chi connectivity index (χ3n) is 3.99. The molecule has 3 aromatic rings. The van der Waals surface area contributed by atoms with E-state index in [0.29, 0.717) is 19.4 Å². The Bertz CT molecular complexity index is 916. The minimum absolute atomic E-state index is 0.0533. The second-order valence-electron chi connectivity index (χ2n) is 6.15. The third kappa shape index (κ3) is 4.46. The number of aromatic nitrogens is 1. The first-order valence-corrected chi connectivity index (χ1v) is 9.35. The number of para-hydroxylation sites is 1. The van der Waals surface area contributed by atoms with Crippen molar-refractivity contribution >= 4 is 39.1 Å². The molecule has 134 valence electrons. The van der Waals surface area contributed by atoms with Crippen molar-refractivity contribution in [2.45, 2.75) is 26.7 Å². The minimum atomic E-state index is -0.0773. The van der Waals surface area contributed by atoms with E-state index in [-0.39, 0.29) is 11.8 Å². The van der Waals surface area contributed by atoms with Gasteiger partial charge in [0.05, 0.1) is 10.2 Å².